The van der Waals surface area contributed by atoms with Gasteiger partial charge < -0.3 is 15.9 Å². The monoisotopic (exact) mass is 203 g/mol. The molecule has 0 aromatic heterocycles. The van der Waals surface area contributed by atoms with Crippen LogP contribution < -0.4 is 5.73 Å². The molecule has 15 heavy (non-hydrogen) atoms. The van der Waals surface area contributed by atoms with Crippen LogP contribution in [0.1, 0.15) is 12.0 Å². The van der Waals surface area contributed by atoms with Crippen LogP contribution in [-0.4, -0.2) is 16.0 Å². The van der Waals surface area contributed by atoms with Crippen LogP contribution in [-0.2, 0) is 0 Å². The highest BCUT2D eigenvalue weighted by molar-refractivity contribution is 5.80. The topological polar surface area (TPSA) is 66.5 Å². The van der Waals surface area contributed by atoms with Crippen molar-refractivity contribution >= 4 is 11.3 Å². The number of allylic oxidation sites excluding steroid dienone is 2. The Kier molecular flexibility index (Phi) is 2.34. The SMILES string of the molecule is Nc1ccccc1C1=CC=CCC1(O)O. The van der Waals surface area contributed by atoms with Gasteiger partial charge in [-0.3, -0.25) is 0 Å². The Morgan fingerprint density at radius 1 is 1.20 bits per heavy atom. The molecule has 0 atom stereocenters. The number of anilines is 1. The molecule has 3 heteroatoms. The molecule has 1 aromatic carbocycles. The predicted octanol–water partition coefficient (Wildman–Crippen LogP) is 1.29. The van der Waals surface area contributed by atoms with Crippen molar-refractivity contribution in [2.45, 2.75) is 12.2 Å². The van der Waals surface area contributed by atoms with E-state index in [1.54, 1.807) is 30.4 Å². The Morgan fingerprint density at radius 2 is 1.93 bits per heavy atom. The minimum Gasteiger partial charge on any atom is -0.398 e. The van der Waals surface area contributed by atoms with Crippen LogP contribution in [0.2, 0.25) is 0 Å². The van der Waals surface area contributed by atoms with Crippen LogP contribution in [0.3, 0.4) is 0 Å². The van der Waals surface area contributed by atoms with Gasteiger partial charge in [-0.2, -0.15) is 0 Å². The summed E-state index contributed by atoms with van der Waals surface area (Å²) in [7, 11) is 0. The molecule has 4 N–H and O–H groups in total. The van der Waals surface area contributed by atoms with Crippen LogP contribution in [0.5, 0.6) is 0 Å². The Labute approximate surface area is 88.2 Å². The zero-order valence-electron chi connectivity index (χ0n) is 8.22. The van der Waals surface area contributed by atoms with E-state index in [4.69, 9.17) is 5.73 Å². The van der Waals surface area contributed by atoms with Crippen molar-refractivity contribution in [1.82, 2.24) is 0 Å². The number of para-hydroxylation sites is 1. The van der Waals surface area contributed by atoms with Gasteiger partial charge in [-0.25, -0.2) is 0 Å². The van der Waals surface area contributed by atoms with E-state index < -0.39 is 5.79 Å². The Morgan fingerprint density at radius 3 is 2.60 bits per heavy atom. The van der Waals surface area contributed by atoms with Gasteiger partial charge in [-0.15, -0.1) is 0 Å². The van der Waals surface area contributed by atoms with Crippen LogP contribution in [0.25, 0.3) is 5.57 Å². The molecular weight excluding hydrogens is 190 g/mol. The average molecular weight is 203 g/mol. The molecule has 0 spiro atoms. The van der Waals surface area contributed by atoms with Gasteiger partial charge in [-0.1, -0.05) is 36.4 Å². The largest absolute Gasteiger partial charge is 0.398 e. The van der Waals surface area contributed by atoms with Crippen LogP contribution in [0, 0.1) is 0 Å². The van der Waals surface area contributed by atoms with Crippen molar-refractivity contribution in [3.8, 4) is 0 Å². The fourth-order valence-electron chi connectivity index (χ4n) is 1.69. The Balaban J connectivity index is 2.51. The lowest BCUT2D eigenvalue weighted by atomic mass is 9.90. The highest BCUT2D eigenvalue weighted by atomic mass is 16.5. The van der Waals surface area contributed by atoms with Gasteiger partial charge >= 0.3 is 0 Å². The number of nitrogens with two attached hydrogens (primary N) is 1. The molecule has 0 aliphatic heterocycles. The standard InChI is InChI=1S/C12H13NO2/c13-11-7-2-1-5-9(11)10-6-3-4-8-12(10,14)15/h1-7,14-15H,8,13H2. The molecule has 1 aromatic rings. The van der Waals surface area contributed by atoms with E-state index in [9.17, 15) is 10.2 Å². The molecular formula is C12H13NO2. The minimum absolute atomic E-state index is 0.188. The summed E-state index contributed by atoms with van der Waals surface area (Å²) in [4.78, 5) is 0. The first-order valence-corrected chi connectivity index (χ1v) is 4.78. The summed E-state index contributed by atoms with van der Waals surface area (Å²) in [5.41, 5.74) is 7.45. The summed E-state index contributed by atoms with van der Waals surface area (Å²) < 4.78 is 0. The highest BCUT2D eigenvalue weighted by Gasteiger charge is 2.30. The van der Waals surface area contributed by atoms with Gasteiger partial charge in [0.15, 0.2) is 5.79 Å². The maximum Gasteiger partial charge on any atom is 0.194 e. The van der Waals surface area contributed by atoms with Crippen LogP contribution >= 0.6 is 0 Å². The first kappa shape index (κ1) is 9.96. The van der Waals surface area contributed by atoms with Gasteiger partial charge in [0.1, 0.15) is 0 Å². The third-order valence-electron chi connectivity index (χ3n) is 2.48. The second kappa shape index (κ2) is 3.53. The summed E-state index contributed by atoms with van der Waals surface area (Å²) in [6, 6.07) is 7.15. The van der Waals surface area contributed by atoms with Crippen molar-refractivity contribution in [2.24, 2.45) is 0 Å². The quantitative estimate of drug-likeness (QED) is 0.476. The number of hydrogen-bond acceptors (Lipinski definition) is 3. The van der Waals surface area contributed by atoms with Crippen molar-refractivity contribution in [1.29, 1.82) is 0 Å². The minimum atomic E-state index is -1.82. The van der Waals surface area contributed by atoms with Gasteiger partial charge in [0.2, 0.25) is 0 Å². The number of hydrogen-bond donors (Lipinski definition) is 3. The number of rotatable bonds is 1. The van der Waals surface area contributed by atoms with Crippen molar-refractivity contribution in [3.05, 3.63) is 48.1 Å². The highest BCUT2D eigenvalue weighted by Crippen LogP contribution is 2.33. The molecule has 1 aliphatic rings. The first-order chi connectivity index (χ1) is 7.11. The fraction of sp³-hybridized carbons (Fsp3) is 0.167. The molecule has 3 nitrogen and oxygen atoms in total. The summed E-state index contributed by atoms with van der Waals surface area (Å²) in [6.07, 6.45) is 5.37. The van der Waals surface area contributed by atoms with E-state index in [0.717, 1.165) is 0 Å². The molecule has 0 saturated carbocycles. The maximum atomic E-state index is 9.79. The van der Waals surface area contributed by atoms with Crippen LogP contribution in [0.15, 0.2) is 42.5 Å². The van der Waals surface area contributed by atoms with E-state index in [1.807, 2.05) is 12.1 Å². The average Bonchev–Trinajstić information content (AvgIpc) is 2.19. The summed E-state index contributed by atoms with van der Waals surface area (Å²) in [5.74, 6) is -1.82. The van der Waals surface area contributed by atoms with E-state index in [0.29, 0.717) is 16.8 Å². The lowest BCUT2D eigenvalue weighted by Gasteiger charge is -2.26. The molecule has 78 valence electrons. The van der Waals surface area contributed by atoms with E-state index in [-0.39, 0.29) is 6.42 Å². The zero-order chi connectivity index (χ0) is 10.9. The number of nitrogen functional groups attached to an aromatic ring is 1. The third-order valence-corrected chi connectivity index (χ3v) is 2.48. The molecule has 1 aliphatic carbocycles. The molecule has 0 fully saturated rings. The molecule has 2 rings (SSSR count). The molecule has 0 amide bonds. The van der Waals surface area contributed by atoms with E-state index >= 15 is 0 Å². The Bertz CT molecular complexity index is 433. The normalized spacial score (nSPS) is 18.7. The van der Waals surface area contributed by atoms with Gasteiger partial charge in [-0.05, 0) is 6.07 Å². The van der Waals surface area contributed by atoms with Crippen molar-refractivity contribution in [2.75, 3.05) is 5.73 Å². The van der Waals surface area contributed by atoms with E-state index in [2.05, 4.69) is 0 Å². The summed E-state index contributed by atoms with van der Waals surface area (Å²) in [5, 5.41) is 19.6. The number of benzene rings is 1. The van der Waals surface area contributed by atoms with Crippen molar-refractivity contribution < 1.29 is 10.2 Å². The number of aliphatic hydroxyl groups is 2. The first-order valence-electron chi connectivity index (χ1n) is 4.78. The summed E-state index contributed by atoms with van der Waals surface area (Å²) >= 11 is 0. The second-order valence-corrected chi connectivity index (χ2v) is 3.62. The van der Waals surface area contributed by atoms with Crippen molar-refractivity contribution in [3.63, 3.8) is 0 Å². The molecule has 0 heterocycles. The van der Waals surface area contributed by atoms with Gasteiger partial charge in [0.05, 0.1) is 0 Å². The predicted molar refractivity (Wildman–Crippen MR) is 59.8 cm³/mol. The Hall–Kier alpha value is -1.58. The lowest BCUT2D eigenvalue weighted by molar-refractivity contribution is -0.105. The van der Waals surface area contributed by atoms with Gasteiger partial charge in [0.25, 0.3) is 0 Å². The van der Waals surface area contributed by atoms with Gasteiger partial charge in [0, 0.05) is 23.2 Å². The van der Waals surface area contributed by atoms with E-state index in [1.165, 1.54) is 0 Å². The van der Waals surface area contributed by atoms with Crippen LogP contribution in [0.4, 0.5) is 5.69 Å². The second-order valence-electron chi connectivity index (χ2n) is 3.62. The molecule has 0 unspecified atom stereocenters. The maximum absolute atomic E-state index is 9.79. The molecule has 0 saturated heterocycles. The molecule has 0 bridgehead atoms. The lowest BCUT2D eigenvalue weighted by Crippen LogP contribution is -2.30. The molecule has 0 radical (unpaired) electrons. The smallest absolute Gasteiger partial charge is 0.194 e. The summed E-state index contributed by atoms with van der Waals surface area (Å²) in [6.45, 7) is 0. The zero-order valence-corrected chi connectivity index (χ0v) is 8.22. The fourth-order valence-corrected chi connectivity index (χ4v) is 1.69. The third kappa shape index (κ3) is 1.79.